The highest BCUT2D eigenvalue weighted by Crippen LogP contribution is 2.65. The van der Waals surface area contributed by atoms with Crippen LogP contribution in [0.5, 0.6) is 5.75 Å². The second kappa shape index (κ2) is 7.12. The Bertz CT molecular complexity index is 1140. The number of amides is 2. The smallest absolute Gasteiger partial charge is 0.240 e. The van der Waals surface area contributed by atoms with Gasteiger partial charge in [-0.3, -0.25) is 14.4 Å². The first kappa shape index (κ1) is 19.9. The summed E-state index contributed by atoms with van der Waals surface area (Å²) >= 11 is 11.9. The van der Waals surface area contributed by atoms with Gasteiger partial charge in [0.15, 0.2) is 18.1 Å². The Morgan fingerprint density at radius 3 is 2.09 bits per heavy atom. The molecule has 6 atom stereocenters. The summed E-state index contributed by atoms with van der Waals surface area (Å²) in [5.41, 5.74) is 0.331. The van der Waals surface area contributed by atoms with Crippen molar-refractivity contribution in [3.8, 4) is 5.75 Å². The number of carbonyl (C=O) groups is 3. The molecule has 1 aromatic carbocycles. The number of ether oxygens (including phenoxy) is 1. The highest BCUT2D eigenvalue weighted by Gasteiger charge is 2.67. The molecule has 0 N–H and O–H groups in total. The third-order valence-electron chi connectivity index (χ3n) is 7.03. The van der Waals surface area contributed by atoms with Crippen molar-refractivity contribution < 1.29 is 19.1 Å². The SMILES string of the molecule is O=C(COc1cnc(N2C(=O)[C@@H]3[C@@H]4C=C[C@@H]([C@H]5C[C@@H]45)[C@@H]3C2=O)nc1)c1cc(Cl)cc(Cl)c1. The molecule has 1 aliphatic heterocycles. The Morgan fingerprint density at radius 2 is 1.53 bits per heavy atom. The molecule has 0 radical (unpaired) electrons. The van der Waals surface area contributed by atoms with Gasteiger partial charge in [-0.15, -0.1) is 0 Å². The molecule has 2 amide bonds. The van der Waals surface area contributed by atoms with Gasteiger partial charge in [0.1, 0.15) is 0 Å². The number of nitrogens with zero attached hydrogens (tertiary/aromatic N) is 3. The minimum absolute atomic E-state index is 0.0442. The van der Waals surface area contributed by atoms with Crippen LogP contribution in [0.4, 0.5) is 5.95 Å². The van der Waals surface area contributed by atoms with Crippen LogP contribution < -0.4 is 9.64 Å². The number of ketones is 1. The molecule has 0 unspecified atom stereocenters. The number of imide groups is 1. The maximum Gasteiger partial charge on any atom is 0.240 e. The summed E-state index contributed by atoms with van der Waals surface area (Å²) in [6.07, 6.45) is 8.06. The van der Waals surface area contributed by atoms with Gasteiger partial charge in [-0.05, 0) is 48.3 Å². The van der Waals surface area contributed by atoms with E-state index in [9.17, 15) is 14.4 Å². The van der Waals surface area contributed by atoms with Crippen molar-refractivity contribution in [2.75, 3.05) is 11.5 Å². The van der Waals surface area contributed by atoms with Crippen LogP contribution in [0.15, 0.2) is 42.7 Å². The molecule has 162 valence electrons. The number of hydrogen-bond donors (Lipinski definition) is 0. The lowest BCUT2D eigenvalue weighted by molar-refractivity contribution is -0.124. The standard InChI is InChI=1S/C23H17Cl2N3O4/c24-11-3-10(4-12(25)5-11)18(29)9-32-13-7-26-23(27-8-13)28-21(30)19-14-1-2-15(17-6-16(14)17)20(19)22(28)31/h1-5,7-8,14-17,19-20H,6,9H2/t14-,15+,16+,17-,19-,20+. The number of hydrogen-bond acceptors (Lipinski definition) is 6. The van der Waals surface area contributed by atoms with Crippen LogP contribution in [0, 0.1) is 35.5 Å². The zero-order valence-electron chi connectivity index (χ0n) is 16.7. The fourth-order valence-corrected chi connectivity index (χ4v) is 6.13. The number of anilines is 1. The Morgan fingerprint density at radius 1 is 0.969 bits per heavy atom. The molecule has 2 bridgehead atoms. The third-order valence-corrected chi connectivity index (χ3v) is 7.47. The van der Waals surface area contributed by atoms with Crippen molar-refractivity contribution in [1.29, 1.82) is 0 Å². The van der Waals surface area contributed by atoms with E-state index in [0.717, 1.165) is 11.3 Å². The van der Waals surface area contributed by atoms with Gasteiger partial charge in [0.25, 0.3) is 0 Å². The van der Waals surface area contributed by atoms with E-state index in [0.29, 0.717) is 27.4 Å². The van der Waals surface area contributed by atoms with Crippen molar-refractivity contribution in [3.05, 3.63) is 58.4 Å². The van der Waals surface area contributed by atoms with E-state index in [4.69, 9.17) is 27.9 Å². The normalized spacial score (nSPS) is 31.5. The molecule has 32 heavy (non-hydrogen) atoms. The molecule has 2 aromatic rings. The first-order valence-electron chi connectivity index (χ1n) is 10.4. The average molecular weight is 470 g/mol. The van der Waals surface area contributed by atoms with Gasteiger partial charge in [-0.25, -0.2) is 14.9 Å². The van der Waals surface area contributed by atoms with Gasteiger partial charge in [-0.2, -0.15) is 0 Å². The lowest BCUT2D eigenvalue weighted by Crippen LogP contribution is -2.40. The molecule has 4 aliphatic carbocycles. The summed E-state index contributed by atoms with van der Waals surface area (Å²) in [5.74, 6) is 0.295. The molecule has 2 heterocycles. The summed E-state index contributed by atoms with van der Waals surface area (Å²) in [6, 6.07) is 4.55. The highest BCUT2D eigenvalue weighted by atomic mass is 35.5. The molecule has 2 saturated carbocycles. The fraction of sp³-hybridized carbons (Fsp3) is 0.348. The van der Waals surface area contributed by atoms with E-state index in [2.05, 4.69) is 22.1 Å². The largest absolute Gasteiger partial charge is 0.482 e. The van der Waals surface area contributed by atoms with Gasteiger partial charge in [0.05, 0.1) is 24.2 Å². The van der Waals surface area contributed by atoms with Gasteiger partial charge < -0.3 is 4.74 Å². The summed E-state index contributed by atoms with van der Waals surface area (Å²) in [5, 5.41) is 0.713. The van der Waals surface area contributed by atoms with E-state index >= 15 is 0 Å². The van der Waals surface area contributed by atoms with E-state index < -0.39 is 0 Å². The highest BCUT2D eigenvalue weighted by molar-refractivity contribution is 6.35. The molecule has 7 rings (SSSR count). The Balaban J connectivity index is 1.16. The van der Waals surface area contributed by atoms with Crippen molar-refractivity contribution in [2.45, 2.75) is 6.42 Å². The topological polar surface area (TPSA) is 89.5 Å². The van der Waals surface area contributed by atoms with Crippen LogP contribution in [0.25, 0.3) is 0 Å². The fourth-order valence-electron chi connectivity index (χ4n) is 5.60. The van der Waals surface area contributed by atoms with Crippen LogP contribution in [0.2, 0.25) is 10.0 Å². The lowest BCUT2D eigenvalue weighted by Gasteiger charge is -2.37. The number of aromatic nitrogens is 2. The molecule has 3 fully saturated rings. The second-order valence-electron chi connectivity index (χ2n) is 8.76. The molecule has 5 aliphatic rings. The molecular weight excluding hydrogens is 453 g/mol. The first-order chi connectivity index (χ1) is 15.4. The summed E-state index contributed by atoms with van der Waals surface area (Å²) in [6.45, 7) is -0.261. The monoisotopic (exact) mass is 469 g/mol. The van der Waals surface area contributed by atoms with Crippen LogP contribution in [0.3, 0.4) is 0 Å². The summed E-state index contributed by atoms with van der Waals surface area (Å²) in [7, 11) is 0. The summed E-state index contributed by atoms with van der Waals surface area (Å²) < 4.78 is 5.47. The number of carbonyl (C=O) groups excluding carboxylic acids is 3. The lowest BCUT2D eigenvalue weighted by atomic mass is 9.63. The Hall–Kier alpha value is -2.77. The molecule has 1 saturated heterocycles. The quantitative estimate of drug-likeness (QED) is 0.377. The van der Waals surface area contributed by atoms with Crippen molar-refractivity contribution >= 4 is 46.7 Å². The van der Waals surface area contributed by atoms with Crippen LogP contribution in [0.1, 0.15) is 16.8 Å². The zero-order valence-corrected chi connectivity index (χ0v) is 18.2. The van der Waals surface area contributed by atoms with E-state index in [1.165, 1.54) is 30.6 Å². The van der Waals surface area contributed by atoms with Gasteiger partial charge >= 0.3 is 0 Å². The first-order valence-corrected chi connectivity index (χ1v) is 11.2. The molecule has 9 heteroatoms. The van der Waals surface area contributed by atoms with Crippen molar-refractivity contribution in [1.82, 2.24) is 9.97 Å². The Kier molecular flexibility index (Phi) is 4.42. The van der Waals surface area contributed by atoms with Crippen LogP contribution >= 0.6 is 23.2 Å². The van der Waals surface area contributed by atoms with Gasteiger partial charge in [-0.1, -0.05) is 35.4 Å². The van der Waals surface area contributed by atoms with Crippen molar-refractivity contribution in [3.63, 3.8) is 0 Å². The number of halogens is 2. The van der Waals surface area contributed by atoms with Crippen molar-refractivity contribution in [2.24, 2.45) is 35.5 Å². The molecule has 1 aromatic heterocycles. The minimum Gasteiger partial charge on any atom is -0.482 e. The predicted octanol–water partition coefficient (Wildman–Crippen LogP) is 3.60. The molecule has 7 nitrogen and oxygen atoms in total. The van der Waals surface area contributed by atoms with E-state index in [-0.39, 0.29) is 59.6 Å². The van der Waals surface area contributed by atoms with Crippen LogP contribution in [-0.2, 0) is 9.59 Å². The van der Waals surface area contributed by atoms with E-state index in [1.54, 1.807) is 0 Å². The maximum absolute atomic E-state index is 13.1. The minimum atomic E-state index is -0.311. The summed E-state index contributed by atoms with van der Waals surface area (Å²) in [4.78, 5) is 48.0. The third kappa shape index (κ3) is 2.98. The zero-order chi connectivity index (χ0) is 22.1. The average Bonchev–Trinajstić information content (AvgIpc) is 3.55. The van der Waals surface area contributed by atoms with E-state index in [1.807, 2.05) is 0 Å². The number of Topliss-reactive ketones (excluding diaryl/α,β-unsaturated/α-hetero) is 1. The predicted molar refractivity (Wildman–Crippen MR) is 116 cm³/mol. The van der Waals surface area contributed by atoms with Gasteiger partial charge in [0, 0.05) is 15.6 Å². The Labute approximate surface area is 193 Å². The van der Waals surface area contributed by atoms with Crippen LogP contribution in [-0.4, -0.2) is 34.2 Å². The second-order valence-corrected chi connectivity index (χ2v) is 9.63. The number of allylic oxidation sites excluding steroid dienone is 2. The molecular formula is C23H17Cl2N3O4. The number of benzene rings is 1. The number of rotatable bonds is 5. The van der Waals surface area contributed by atoms with Gasteiger partial charge in [0.2, 0.25) is 17.8 Å². The molecule has 0 spiro atoms. The maximum atomic E-state index is 13.1.